The summed E-state index contributed by atoms with van der Waals surface area (Å²) in [7, 11) is 2.06. The summed E-state index contributed by atoms with van der Waals surface area (Å²) in [6.45, 7) is 2.99. The standard InChI is InChI=1S/C14H19N5/c1-17-7-5-15-14(17)9-18-6-4-13-12(8-18)16-10-19(13)11-2-3-11/h5,7,10-11H,2-4,6,8-9H2,1H3. The van der Waals surface area contributed by atoms with Crippen molar-refractivity contribution in [2.75, 3.05) is 6.54 Å². The van der Waals surface area contributed by atoms with Crippen molar-refractivity contribution in [1.29, 1.82) is 0 Å². The first-order chi connectivity index (χ1) is 9.31. The molecule has 0 amide bonds. The van der Waals surface area contributed by atoms with Crippen molar-refractivity contribution in [3.8, 4) is 0 Å². The molecule has 0 unspecified atom stereocenters. The molecular weight excluding hydrogens is 238 g/mol. The zero-order valence-electron chi connectivity index (χ0n) is 11.3. The van der Waals surface area contributed by atoms with Gasteiger partial charge in [-0.15, -0.1) is 0 Å². The lowest BCUT2D eigenvalue weighted by atomic mass is 10.1. The lowest BCUT2D eigenvalue weighted by molar-refractivity contribution is 0.231. The average Bonchev–Trinajstić information content (AvgIpc) is 3.06. The van der Waals surface area contributed by atoms with E-state index in [2.05, 4.69) is 31.0 Å². The summed E-state index contributed by atoms with van der Waals surface area (Å²) in [6, 6.07) is 0.748. The summed E-state index contributed by atoms with van der Waals surface area (Å²) in [5, 5.41) is 0. The first-order valence-electron chi connectivity index (χ1n) is 7.04. The van der Waals surface area contributed by atoms with Crippen molar-refractivity contribution in [1.82, 2.24) is 24.0 Å². The zero-order chi connectivity index (χ0) is 12.8. The van der Waals surface area contributed by atoms with Crippen LogP contribution in [0.3, 0.4) is 0 Å². The van der Waals surface area contributed by atoms with Gasteiger partial charge >= 0.3 is 0 Å². The van der Waals surface area contributed by atoms with E-state index in [1.54, 1.807) is 0 Å². The predicted molar refractivity (Wildman–Crippen MR) is 71.5 cm³/mol. The second-order valence-electron chi connectivity index (χ2n) is 5.69. The van der Waals surface area contributed by atoms with Gasteiger partial charge in [-0.2, -0.15) is 0 Å². The molecule has 100 valence electrons. The van der Waals surface area contributed by atoms with Crippen molar-refractivity contribution >= 4 is 0 Å². The summed E-state index contributed by atoms with van der Waals surface area (Å²) in [5.74, 6) is 1.13. The molecule has 2 aliphatic rings. The lowest BCUT2D eigenvalue weighted by Gasteiger charge is -2.26. The minimum atomic E-state index is 0.748. The Bertz CT molecular complexity index is 593. The number of fused-ring (bicyclic) bond motifs is 1. The van der Waals surface area contributed by atoms with Gasteiger partial charge in [0, 0.05) is 50.7 Å². The molecule has 1 aliphatic heterocycles. The van der Waals surface area contributed by atoms with E-state index in [-0.39, 0.29) is 0 Å². The summed E-state index contributed by atoms with van der Waals surface area (Å²) in [5.41, 5.74) is 2.74. The van der Waals surface area contributed by atoms with Crippen LogP contribution in [0.15, 0.2) is 18.7 Å². The molecule has 1 aliphatic carbocycles. The lowest BCUT2D eigenvalue weighted by Crippen LogP contribution is -2.31. The molecule has 0 N–H and O–H groups in total. The van der Waals surface area contributed by atoms with Crippen LogP contribution in [0.25, 0.3) is 0 Å². The zero-order valence-corrected chi connectivity index (χ0v) is 11.3. The summed E-state index contributed by atoms with van der Waals surface area (Å²) in [4.78, 5) is 11.5. The summed E-state index contributed by atoms with van der Waals surface area (Å²) in [6.07, 6.45) is 9.71. The number of hydrogen-bond donors (Lipinski definition) is 0. The van der Waals surface area contributed by atoms with Crippen LogP contribution in [0.1, 0.15) is 36.1 Å². The molecule has 19 heavy (non-hydrogen) atoms. The van der Waals surface area contributed by atoms with E-state index < -0.39 is 0 Å². The third kappa shape index (κ3) is 1.98. The Hall–Kier alpha value is -1.62. The van der Waals surface area contributed by atoms with Crippen LogP contribution in [0.4, 0.5) is 0 Å². The molecule has 0 saturated heterocycles. The fourth-order valence-corrected chi connectivity index (χ4v) is 2.94. The van der Waals surface area contributed by atoms with Crippen LogP contribution in [-0.4, -0.2) is 30.5 Å². The van der Waals surface area contributed by atoms with Gasteiger partial charge in [0.25, 0.3) is 0 Å². The number of aromatic nitrogens is 4. The van der Waals surface area contributed by atoms with Crippen molar-refractivity contribution in [2.24, 2.45) is 7.05 Å². The minimum Gasteiger partial charge on any atom is -0.337 e. The van der Waals surface area contributed by atoms with Crippen LogP contribution in [0.2, 0.25) is 0 Å². The average molecular weight is 257 g/mol. The normalized spacial score (nSPS) is 19.6. The highest BCUT2D eigenvalue weighted by molar-refractivity contribution is 5.18. The maximum atomic E-state index is 4.61. The minimum absolute atomic E-state index is 0.748. The number of aryl methyl sites for hydroxylation is 1. The van der Waals surface area contributed by atoms with Gasteiger partial charge in [0.2, 0.25) is 0 Å². The van der Waals surface area contributed by atoms with E-state index in [4.69, 9.17) is 0 Å². The monoisotopic (exact) mass is 257 g/mol. The van der Waals surface area contributed by atoms with Crippen LogP contribution < -0.4 is 0 Å². The third-order valence-electron chi connectivity index (χ3n) is 4.25. The van der Waals surface area contributed by atoms with E-state index in [9.17, 15) is 0 Å². The van der Waals surface area contributed by atoms with Crippen LogP contribution in [-0.2, 0) is 26.6 Å². The van der Waals surface area contributed by atoms with E-state index in [1.165, 1.54) is 24.2 Å². The van der Waals surface area contributed by atoms with E-state index in [0.717, 1.165) is 37.9 Å². The van der Waals surface area contributed by atoms with Crippen molar-refractivity contribution < 1.29 is 0 Å². The van der Waals surface area contributed by atoms with Crippen LogP contribution in [0, 0.1) is 0 Å². The van der Waals surface area contributed by atoms with Gasteiger partial charge in [0.15, 0.2) is 0 Å². The first-order valence-corrected chi connectivity index (χ1v) is 7.04. The highest BCUT2D eigenvalue weighted by Crippen LogP contribution is 2.37. The van der Waals surface area contributed by atoms with Gasteiger partial charge in [0.1, 0.15) is 5.82 Å². The van der Waals surface area contributed by atoms with Gasteiger partial charge in [0.05, 0.1) is 18.6 Å². The topological polar surface area (TPSA) is 38.9 Å². The second kappa shape index (κ2) is 4.20. The quantitative estimate of drug-likeness (QED) is 0.836. The molecule has 1 saturated carbocycles. The molecule has 5 nitrogen and oxygen atoms in total. The van der Waals surface area contributed by atoms with Crippen molar-refractivity contribution in [2.45, 2.75) is 38.4 Å². The maximum absolute atomic E-state index is 4.61. The van der Waals surface area contributed by atoms with Gasteiger partial charge in [-0.1, -0.05) is 0 Å². The van der Waals surface area contributed by atoms with Crippen molar-refractivity contribution in [3.63, 3.8) is 0 Å². The number of rotatable bonds is 3. The Balaban J connectivity index is 1.51. The number of nitrogens with zero attached hydrogens (tertiary/aromatic N) is 5. The molecule has 2 aromatic heterocycles. The van der Waals surface area contributed by atoms with Gasteiger partial charge in [-0.05, 0) is 12.8 Å². The van der Waals surface area contributed by atoms with Gasteiger partial charge < -0.3 is 9.13 Å². The van der Waals surface area contributed by atoms with Gasteiger partial charge in [-0.25, -0.2) is 9.97 Å². The molecule has 0 radical (unpaired) electrons. The number of imidazole rings is 2. The SMILES string of the molecule is Cn1ccnc1CN1CCc2c(ncn2C2CC2)C1. The molecule has 0 spiro atoms. The molecule has 4 rings (SSSR count). The molecule has 3 heterocycles. The highest BCUT2D eigenvalue weighted by Gasteiger charge is 2.29. The predicted octanol–water partition coefficient (Wildman–Crippen LogP) is 1.51. The van der Waals surface area contributed by atoms with Crippen molar-refractivity contribution in [3.05, 3.63) is 35.9 Å². The number of hydrogen-bond acceptors (Lipinski definition) is 3. The summed E-state index contributed by atoms with van der Waals surface area (Å²) >= 11 is 0. The fourth-order valence-electron chi connectivity index (χ4n) is 2.94. The van der Waals surface area contributed by atoms with E-state index in [0.29, 0.717) is 0 Å². The van der Waals surface area contributed by atoms with Gasteiger partial charge in [-0.3, -0.25) is 4.90 Å². The largest absolute Gasteiger partial charge is 0.337 e. The third-order valence-corrected chi connectivity index (χ3v) is 4.25. The Labute approximate surface area is 112 Å². The highest BCUT2D eigenvalue weighted by atomic mass is 15.2. The summed E-state index contributed by atoms with van der Waals surface area (Å²) < 4.78 is 4.51. The fraction of sp³-hybridized carbons (Fsp3) is 0.571. The van der Waals surface area contributed by atoms with E-state index >= 15 is 0 Å². The maximum Gasteiger partial charge on any atom is 0.122 e. The molecule has 0 atom stereocenters. The molecule has 2 aromatic rings. The van der Waals surface area contributed by atoms with Crippen LogP contribution >= 0.6 is 0 Å². The molecule has 0 aromatic carbocycles. The molecule has 5 heteroatoms. The Kier molecular flexibility index (Phi) is 2.48. The molecular formula is C14H19N5. The smallest absolute Gasteiger partial charge is 0.122 e. The first kappa shape index (κ1) is 11.2. The molecule has 1 fully saturated rings. The Morgan fingerprint density at radius 2 is 2.21 bits per heavy atom. The Morgan fingerprint density at radius 3 is 2.95 bits per heavy atom. The molecule has 0 bridgehead atoms. The van der Waals surface area contributed by atoms with E-state index in [1.807, 2.05) is 18.7 Å². The van der Waals surface area contributed by atoms with Crippen LogP contribution in [0.5, 0.6) is 0 Å². The second-order valence-corrected chi connectivity index (χ2v) is 5.69. The Morgan fingerprint density at radius 1 is 1.32 bits per heavy atom.